The van der Waals surface area contributed by atoms with Crippen LogP contribution in [-0.4, -0.2) is 50.0 Å². The zero-order valence-corrected chi connectivity index (χ0v) is 15.0. The van der Waals surface area contributed by atoms with Crippen LogP contribution in [0.4, 0.5) is 13.2 Å². The Hall–Kier alpha value is -1.02. The molecule has 2 rings (SSSR count). The number of alkyl halides is 2. The molecule has 0 radical (unpaired) electrons. The van der Waals surface area contributed by atoms with Crippen LogP contribution >= 0.6 is 24.8 Å². The fourth-order valence-corrected chi connectivity index (χ4v) is 2.50. The fourth-order valence-electron chi connectivity index (χ4n) is 2.50. The maximum Gasteiger partial charge on any atom is 0.262 e. The topological polar surface area (TPSA) is 44.4 Å². The second-order valence-electron chi connectivity index (χ2n) is 5.77. The molecule has 0 aliphatic carbocycles. The molecule has 0 aromatic heterocycles. The summed E-state index contributed by atoms with van der Waals surface area (Å²) in [5.41, 5.74) is 0.844. The van der Waals surface area contributed by atoms with Gasteiger partial charge in [-0.15, -0.1) is 24.8 Å². The van der Waals surface area contributed by atoms with Gasteiger partial charge < -0.3 is 10.2 Å². The van der Waals surface area contributed by atoms with Crippen LogP contribution < -0.4 is 10.6 Å². The lowest BCUT2D eigenvalue weighted by atomic mass is 10.1. The molecule has 1 amide bonds. The molecule has 0 spiro atoms. The number of rotatable bonds is 5. The minimum atomic E-state index is -2.83. The van der Waals surface area contributed by atoms with Gasteiger partial charge in [-0.05, 0) is 31.8 Å². The number of nitrogens with zero attached hydrogens (tertiary/aromatic N) is 1. The summed E-state index contributed by atoms with van der Waals surface area (Å²) in [6, 6.07) is 4.97. The summed E-state index contributed by atoms with van der Waals surface area (Å²) in [5, 5.41) is 5.21. The van der Waals surface area contributed by atoms with Gasteiger partial charge in [0.2, 0.25) is 5.91 Å². The van der Waals surface area contributed by atoms with Gasteiger partial charge in [0.15, 0.2) is 0 Å². The summed E-state index contributed by atoms with van der Waals surface area (Å²) in [4.78, 5) is 13.8. The Balaban J connectivity index is 0.00000264. The molecule has 2 atom stereocenters. The normalized spacial score (nSPS) is 20.0. The zero-order chi connectivity index (χ0) is 16.3. The first-order valence-electron chi connectivity index (χ1n) is 7.09. The summed E-state index contributed by atoms with van der Waals surface area (Å²) in [5.74, 6) is -3.60. The van der Waals surface area contributed by atoms with Gasteiger partial charge in [-0.25, -0.2) is 13.2 Å². The number of nitrogens with one attached hydrogen (secondary N) is 2. The van der Waals surface area contributed by atoms with Crippen molar-refractivity contribution < 1.29 is 18.0 Å². The van der Waals surface area contributed by atoms with Crippen molar-refractivity contribution in [3.05, 3.63) is 35.6 Å². The van der Waals surface area contributed by atoms with Crippen LogP contribution in [0, 0.1) is 5.82 Å². The van der Waals surface area contributed by atoms with E-state index >= 15 is 0 Å². The predicted octanol–water partition coefficient (Wildman–Crippen LogP) is 2.39. The molecular weight excluding hydrogens is 366 g/mol. The quantitative estimate of drug-likeness (QED) is 0.815. The van der Waals surface area contributed by atoms with Crippen LogP contribution in [0.1, 0.15) is 18.0 Å². The number of carbonyl (C=O) groups excluding carboxylic acids is 1. The molecule has 2 N–H and O–H groups in total. The van der Waals surface area contributed by atoms with Crippen LogP contribution in [0.2, 0.25) is 0 Å². The van der Waals surface area contributed by atoms with E-state index in [4.69, 9.17) is 0 Å². The second kappa shape index (κ2) is 9.46. The highest BCUT2D eigenvalue weighted by molar-refractivity contribution is 5.85. The van der Waals surface area contributed by atoms with Gasteiger partial charge in [0.05, 0.1) is 18.6 Å². The zero-order valence-electron chi connectivity index (χ0n) is 13.4. The first-order valence-corrected chi connectivity index (χ1v) is 7.09. The SMILES string of the molecule is CN(C)C(CNC(=O)C1CC(F)(F)CN1)c1ccc(F)cc1.Cl.Cl. The molecule has 1 aliphatic rings. The van der Waals surface area contributed by atoms with Crippen LogP contribution in [0.5, 0.6) is 0 Å². The van der Waals surface area contributed by atoms with Crippen molar-refractivity contribution in [1.82, 2.24) is 15.5 Å². The van der Waals surface area contributed by atoms with E-state index < -0.39 is 30.8 Å². The molecule has 1 aromatic rings. The van der Waals surface area contributed by atoms with E-state index in [1.54, 1.807) is 12.1 Å². The van der Waals surface area contributed by atoms with Crippen molar-refractivity contribution in [3.63, 3.8) is 0 Å². The van der Waals surface area contributed by atoms with E-state index in [-0.39, 0.29) is 43.2 Å². The average molecular weight is 388 g/mol. The van der Waals surface area contributed by atoms with E-state index in [1.165, 1.54) is 12.1 Å². The minimum absolute atomic E-state index is 0. The van der Waals surface area contributed by atoms with Crippen LogP contribution in [-0.2, 0) is 4.79 Å². The Morgan fingerprint density at radius 1 is 1.33 bits per heavy atom. The standard InChI is InChI=1S/C15H20F3N3O.2ClH/c1-21(2)13(10-3-5-11(16)6-4-10)8-19-14(22)12-7-15(17,18)9-20-12;;/h3-6,12-13,20H,7-9H2,1-2H3,(H,19,22);2*1H. The summed E-state index contributed by atoms with van der Waals surface area (Å²) in [7, 11) is 3.67. The number of hydrogen-bond acceptors (Lipinski definition) is 3. The number of likely N-dealkylation sites (N-methyl/N-ethyl adjacent to an activating group) is 1. The van der Waals surface area contributed by atoms with Crippen LogP contribution in [0.15, 0.2) is 24.3 Å². The molecule has 138 valence electrons. The Kier molecular flexibility index (Phi) is 9.06. The second-order valence-corrected chi connectivity index (χ2v) is 5.77. The summed E-state index contributed by atoms with van der Waals surface area (Å²) < 4.78 is 39.2. The fraction of sp³-hybridized carbons (Fsp3) is 0.533. The van der Waals surface area contributed by atoms with Crippen LogP contribution in [0.25, 0.3) is 0 Å². The molecule has 1 fully saturated rings. The van der Waals surface area contributed by atoms with Gasteiger partial charge in [0.25, 0.3) is 5.92 Å². The Bertz CT molecular complexity index is 529. The third kappa shape index (κ3) is 6.12. The van der Waals surface area contributed by atoms with Gasteiger partial charge in [-0.3, -0.25) is 10.1 Å². The van der Waals surface area contributed by atoms with E-state index in [1.807, 2.05) is 19.0 Å². The lowest BCUT2D eigenvalue weighted by molar-refractivity contribution is -0.123. The molecular formula is C15H22Cl2F3N3O. The van der Waals surface area contributed by atoms with E-state index in [0.29, 0.717) is 0 Å². The van der Waals surface area contributed by atoms with Crippen molar-refractivity contribution in [1.29, 1.82) is 0 Å². The molecule has 24 heavy (non-hydrogen) atoms. The number of carbonyl (C=O) groups is 1. The highest BCUT2D eigenvalue weighted by atomic mass is 35.5. The van der Waals surface area contributed by atoms with E-state index in [2.05, 4.69) is 10.6 Å². The lowest BCUT2D eigenvalue weighted by Gasteiger charge is -2.25. The van der Waals surface area contributed by atoms with Gasteiger partial charge in [0, 0.05) is 13.0 Å². The molecule has 4 nitrogen and oxygen atoms in total. The molecule has 0 saturated carbocycles. The third-order valence-corrected chi connectivity index (χ3v) is 3.77. The summed E-state index contributed by atoms with van der Waals surface area (Å²) in [6.45, 7) is -0.207. The smallest absolute Gasteiger partial charge is 0.262 e. The van der Waals surface area contributed by atoms with Gasteiger partial charge in [-0.1, -0.05) is 12.1 Å². The maximum absolute atomic E-state index is 13.1. The van der Waals surface area contributed by atoms with Crippen molar-refractivity contribution in [3.8, 4) is 0 Å². The number of benzene rings is 1. The first-order chi connectivity index (χ1) is 10.3. The Labute approximate surface area is 152 Å². The summed E-state index contributed by atoms with van der Waals surface area (Å²) in [6.07, 6.45) is -0.484. The highest BCUT2D eigenvalue weighted by Crippen LogP contribution is 2.25. The third-order valence-electron chi connectivity index (χ3n) is 3.77. The van der Waals surface area contributed by atoms with Crippen molar-refractivity contribution in [2.75, 3.05) is 27.2 Å². The largest absolute Gasteiger partial charge is 0.353 e. The molecule has 9 heteroatoms. The minimum Gasteiger partial charge on any atom is -0.353 e. The summed E-state index contributed by atoms with van der Waals surface area (Å²) >= 11 is 0. The predicted molar refractivity (Wildman–Crippen MR) is 91.7 cm³/mol. The molecule has 2 unspecified atom stereocenters. The van der Waals surface area contributed by atoms with Gasteiger partial charge in [-0.2, -0.15) is 0 Å². The van der Waals surface area contributed by atoms with E-state index in [0.717, 1.165) is 5.56 Å². The number of amides is 1. The molecule has 1 aliphatic heterocycles. The Morgan fingerprint density at radius 2 is 1.92 bits per heavy atom. The monoisotopic (exact) mass is 387 g/mol. The Morgan fingerprint density at radius 3 is 2.38 bits per heavy atom. The average Bonchev–Trinajstić information content (AvgIpc) is 2.81. The first kappa shape index (κ1) is 23.0. The van der Waals surface area contributed by atoms with Gasteiger partial charge in [0.1, 0.15) is 5.82 Å². The maximum atomic E-state index is 13.1. The van der Waals surface area contributed by atoms with Crippen molar-refractivity contribution in [2.24, 2.45) is 0 Å². The lowest BCUT2D eigenvalue weighted by Crippen LogP contribution is -2.43. The number of halogens is 5. The van der Waals surface area contributed by atoms with Crippen molar-refractivity contribution >= 4 is 30.7 Å². The highest BCUT2D eigenvalue weighted by Gasteiger charge is 2.42. The van der Waals surface area contributed by atoms with Crippen molar-refractivity contribution in [2.45, 2.75) is 24.4 Å². The van der Waals surface area contributed by atoms with E-state index in [9.17, 15) is 18.0 Å². The van der Waals surface area contributed by atoms with Gasteiger partial charge >= 0.3 is 0 Å². The molecule has 0 bridgehead atoms. The molecule has 1 aromatic carbocycles. The molecule has 1 heterocycles. The molecule has 1 saturated heterocycles. The number of hydrogen-bond donors (Lipinski definition) is 2. The van der Waals surface area contributed by atoms with Crippen LogP contribution in [0.3, 0.4) is 0 Å².